The number of hydrogen-bond acceptors (Lipinski definition) is 3. The quantitative estimate of drug-likeness (QED) is 0.781. The molecule has 0 amide bonds. The fourth-order valence-corrected chi connectivity index (χ4v) is 1.37. The molecule has 0 aliphatic heterocycles. The van der Waals surface area contributed by atoms with E-state index in [0.717, 1.165) is 0 Å². The van der Waals surface area contributed by atoms with Crippen LogP contribution in [0.4, 0.5) is 18.9 Å². The first kappa shape index (κ1) is 12.8. The number of anilines is 1. The average Bonchev–Trinajstić information content (AvgIpc) is 2.11. The fourth-order valence-electron chi connectivity index (χ4n) is 0.986. The Bertz CT molecular complexity index is 490. The lowest BCUT2D eigenvalue weighted by Gasteiger charge is -2.07. The van der Waals surface area contributed by atoms with Gasteiger partial charge in [-0.25, -0.2) is 26.7 Å². The van der Waals surface area contributed by atoms with Gasteiger partial charge >= 0.3 is 0 Å². The van der Waals surface area contributed by atoms with Crippen molar-refractivity contribution >= 4 is 15.7 Å². The van der Waals surface area contributed by atoms with Crippen LogP contribution in [0.3, 0.4) is 0 Å². The summed E-state index contributed by atoms with van der Waals surface area (Å²) >= 11 is 0. The molecule has 0 radical (unpaired) electrons. The van der Waals surface area contributed by atoms with Crippen LogP contribution in [0.15, 0.2) is 12.1 Å². The van der Waals surface area contributed by atoms with E-state index in [0.29, 0.717) is 12.1 Å². The minimum Gasteiger partial charge on any atom is -0.382 e. The first-order chi connectivity index (χ1) is 7.29. The zero-order valence-electron chi connectivity index (χ0n) is 8.00. The molecule has 3 N–H and O–H groups in total. The molecule has 0 atom stereocenters. The van der Waals surface area contributed by atoms with Crippen LogP contribution in [0.5, 0.6) is 0 Å². The number of rotatable bonds is 4. The molecule has 4 nitrogen and oxygen atoms in total. The number of halogens is 3. The Morgan fingerprint density at radius 1 is 1.12 bits per heavy atom. The number of nitrogens with one attached hydrogen (secondary N) is 1. The van der Waals surface area contributed by atoms with E-state index < -0.39 is 33.2 Å². The maximum atomic E-state index is 13.0. The van der Waals surface area contributed by atoms with Crippen molar-refractivity contribution in [1.82, 2.24) is 0 Å². The van der Waals surface area contributed by atoms with E-state index in [2.05, 4.69) is 5.32 Å². The lowest BCUT2D eigenvalue weighted by molar-refractivity contribution is 0.496. The molecule has 0 unspecified atom stereocenters. The van der Waals surface area contributed by atoms with Crippen molar-refractivity contribution in [2.75, 3.05) is 17.6 Å². The van der Waals surface area contributed by atoms with Crippen molar-refractivity contribution in [3.63, 3.8) is 0 Å². The van der Waals surface area contributed by atoms with Gasteiger partial charge in [-0.15, -0.1) is 0 Å². The van der Waals surface area contributed by atoms with Crippen LogP contribution in [0, 0.1) is 17.5 Å². The molecule has 1 aromatic rings. The summed E-state index contributed by atoms with van der Waals surface area (Å²) in [6, 6.07) is 0.975. The Balaban J connectivity index is 2.71. The highest BCUT2D eigenvalue weighted by Crippen LogP contribution is 2.17. The monoisotopic (exact) mass is 254 g/mol. The largest absolute Gasteiger partial charge is 0.382 e. The predicted molar refractivity (Wildman–Crippen MR) is 52.8 cm³/mol. The molecule has 1 aromatic carbocycles. The van der Waals surface area contributed by atoms with Gasteiger partial charge in [-0.05, 0) is 0 Å². The van der Waals surface area contributed by atoms with E-state index >= 15 is 0 Å². The van der Waals surface area contributed by atoms with Crippen LogP contribution in [-0.2, 0) is 10.0 Å². The second-order valence-corrected chi connectivity index (χ2v) is 4.77. The Morgan fingerprint density at radius 2 is 1.69 bits per heavy atom. The van der Waals surface area contributed by atoms with Gasteiger partial charge in [-0.3, -0.25) is 0 Å². The first-order valence-electron chi connectivity index (χ1n) is 4.18. The molecule has 1 rings (SSSR count). The van der Waals surface area contributed by atoms with Crippen LogP contribution in [0.25, 0.3) is 0 Å². The molecule has 90 valence electrons. The maximum absolute atomic E-state index is 13.0. The first-order valence-corrected chi connectivity index (χ1v) is 5.90. The van der Waals surface area contributed by atoms with Gasteiger partial charge in [-0.2, -0.15) is 0 Å². The minimum atomic E-state index is -3.68. The van der Waals surface area contributed by atoms with Gasteiger partial charge in [0.1, 0.15) is 5.82 Å². The molecule has 16 heavy (non-hydrogen) atoms. The summed E-state index contributed by atoms with van der Waals surface area (Å²) in [5.41, 5.74) is -0.317. The zero-order valence-corrected chi connectivity index (χ0v) is 8.82. The van der Waals surface area contributed by atoms with E-state index in [-0.39, 0.29) is 12.2 Å². The lowest BCUT2D eigenvalue weighted by Crippen LogP contribution is -2.22. The van der Waals surface area contributed by atoms with E-state index in [9.17, 15) is 21.6 Å². The van der Waals surface area contributed by atoms with Crippen molar-refractivity contribution in [1.29, 1.82) is 0 Å². The average molecular weight is 254 g/mol. The maximum Gasteiger partial charge on any atom is 0.210 e. The normalized spacial score (nSPS) is 11.5. The smallest absolute Gasteiger partial charge is 0.210 e. The SMILES string of the molecule is NS(=O)(=O)CCNc1cc(F)c(F)cc1F. The Morgan fingerprint density at radius 3 is 2.25 bits per heavy atom. The molecule has 0 aromatic heterocycles. The second kappa shape index (κ2) is 4.71. The number of benzene rings is 1. The number of nitrogens with two attached hydrogens (primary N) is 1. The minimum absolute atomic E-state index is 0.194. The Labute approximate surface area is 90.3 Å². The summed E-state index contributed by atoms with van der Waals surface area (Å²) in [6.07, 6.45) is 0. The third kappa shape index (κ3) is 3.70. The lowest BCUT2D eigenvalue weighted by atomic mass is 10.3. The van der Waals surface area contributed by atoms with Crippen LogP contribution in [0.2, 0.25) is 0 Å². The van der Waals surface area contributed by atoms with Crippen LogP contribution in [0.1, 0.15) is 0 Å². The van der Waals surface area contributed by atoms with Gasteiger partial charge in [0.2, 0.25) is 10.0 Å². The summed E-state index contributed by atoms with van der Waals surface area (Å²) in [4.78, 5) is 0. The van der Waals surface area contributed by atoms with Gasteiger partial charge in [0.25, 0.3) is 0 Å². The summed E-state index contributed by atoms with van der Waals surface area (Å²) in [5.74, 6) is -3.98. The third-order valence-electron chi connectivity index (χ3n) is 1.71. The molecule has 8 heteroatoms. The highest BCUT2D eigenvalue weighted by molar-refractivity contribution is 7.89. The van der Waals surface area contributed by atoms with E-state index in [1.165, 1.54) is 0 Å². The van der Waals surface area contributed by atoms with Gasteiger partial charge < -0.3 is 5.32 Å². The van der Waals surface area contributed by atoms with Crippen LogP contribution < -0.4 is 10.5 Å². The molecular formula is C8H9F3N2O2S. The Kier molecular flexibility index (Phi) is 3.76. The van der Waals surface area contributed by atoms with E-state index in [1.54, 1.807) is 0 Å². The van der Waals surface area contributed by atoms with Gasteiger partial charge in [0, 0.05) is 18.7 Å². The van der Waals surface area contributed by atoms with Gasteiger partial charge in [-0.1, -0.05) is 0 Å². The van der Waals surface area contributed by atoms with Crippen LogP contribution in [-0.4, -0.2) is 20.7 Å². The molecule has 0 bridgehead atoms. The molecule has 0 heterocycles. The summed E-state index contributed by atoms with van der Waals surface area (Å²) in [6.45, 7) is -0.194. The van der Waals surface area contributed by atoms with E-state index in [4.69, 9.17) is 5.14 Å². The van der Waals surface area contributed by atoms with Gasteiger partial charge in [0.05, 0.1) is 11.4 Å². The predicted octanol–water partition coefficient (Wildman–Crippen LogP) is 0.804. The van der Waals surface area contributed by atoms with Gasteiger partial charge in [0.15, 0.2) is 11.6 Å². The number of sulfonamides is 1. The molecular weight excluding hydrogens is 245 g/mol. The summed E-state index contributed by atoms with van der Waals surface area (Å²) in [7, 11) is -3.68. The molecule has 0 saturated heterocycles. The highest BCUT2D eigenvalue weighted by atomic mass is 32.2. The summed E-state index contributed by atoms with van der Waals surface area (Å²) in [5, 5.41) is 6.99. The van der Waals surface area contributed by atoms with Crippen molar-refractivity contribution < 1.29 is 21.6 Å². The molecule has 0 aliphatic rings. The summed E-state index contributed by atoms with van der Waals surface area (Å²) < 4.78 is 59.3. The number of primary sulfonamides is 1. The molecule has 0 fully saturated rings. The molecule has 0 spiro atoms. The second-order valence-electron chi connectivity index (χ2n) is 3.04. The third-order valence-corrected chi connectivity index (χ3v) is 2.49. The van der Waals surface area contributed by atoms with Crippen molar-refractivity contribution in [3.8, 4) is 0 Å². The number of hydrogen-bond donors (Lipinski definition) is 2. The fraction of sp³-hybridized carbons (Fsp3) is 0.250. The highest BCUT2D eigenvalue weighted by Gasteiger charge is 2.10. The topological polar surface area (TPSA) is 72.2 Å². The van der Waals surface area contributed by atoms with Crippen LogP contribution >= 0.6 is 0 Å². The van der Waals surface area contributed by atoms with Crippen molar-refractivity contribution in [2.24, 2.45) is 5.14 Å². The van der Waals surface area contributed by atoms with Crippen molar-refractivity contribution in [2.45, 2.75) is 0 Å². The van der Waals surface area contributed by atoms with E-state index in [1.807, 2.05) is 0 Å². The molecule has 0 saturated carbocycles. The Hall–Kier alpha value is -1.28. The van der Waals surface area contributed by atoms with Crippen molar-refractivity contribution in [3.05, 3.63) is 29.6 Å². The standard InChI is InChI=1S/C8H9F3N2O2S/c9-5-3-7(11)8(4-6(5)10)13-1-2-16(12,14)15/h3-4,13H,1-2H2,(H2,12,14,15). The molecule has 0 aliphatic carbocycles. The zero-order chi connectivity index (χ0) is 12.3.